The van der Waals surface area contributed by atoms with Crippen molar-refractivity contribution in [2.45, 2.75) is 45.4 Å². The quantitative estimate of drug-likeness (QED) is 0.718. The van der Waals surface area contributed by atoms with Gasteiger partial charge in [-0.2, -0.15) is 11.8 Å². The van der Waals surface area contributed by atoms with Crippen molar-refractivity contribution in [1.29, 1.82) is 0 Å². The third kappa shape index (κ3) is 6.90. The molecule has 1 saturated heterocycles. The van der Waals surface area contributed by atoms with Crippen LogP contribution in [0.4, 0.5) is 4.79 Å². The topological polar surface area (TPSA) is 61.4 Å². The number of urea groups is 1. The van der Waals surface area contributed by atoms with Gasteiger partial charge in [-0.25, -0.2) is 4.79 Å². The first-order valence-electron chi connectivity index (χ1n) is 9.42. The van der Waals surface area contributed by atoms with Gasteiger partial charge in [0.25, 0.3) is 0 Å². The molecule has 1 aromatic rings. The second-order valence-corrected chi connectivity index (χ2v) is 8.32. The number of amides is 3. The molecule has 1 atom stereocenters. The maximum absolute atomic E-state index is 12.4. The Labute approximate surface area is 161 Å². The highest BCUT2D eigenvalue weighted by Crippen LogP contribution is 2.17. The zero-order chi connectivity index (χ0) is 18.9. The van der Waals surface area contributed by atoms with Gasteiger partial charge in [0.2, 0.25) is 5.91 Å². The average molecular weight is 378 g/mol. The van der Waals surface area contributed by atoms with Gasteiger partial charge in [0.05, 0.1) is 5.92 Å². The Kier molecular flexibility index (Phi) is 8.29. The molecule has 0 bridgehead atoms. The van der Waals surface area contributed by atoms with Crippen LogP contribution in [0.15, 0.2) is 24.3 Å². The van der Waals surface area contributed by atoms with E-state index in [1.54, 1.807) is 4.90 Å². The highest BCUT2D eigenvalue weighted by molar-refractivity contribution is 7.98. The summed E-state index contributed by atoms with van der Waals surface area (Å²) in [5.74, 6) is 1.83. The maximum Gasteiger partial charge on any atom is 0.317 e. The van der Waals surface area contributed by atoms with E-state index in [4.69, 9.17) is 0 Å². The molecule has 1 aromatic carbocycles. The third-order valence-corrected chi connectivity index (χ3v) is 5.46. The number of likely N-dealkylation sites (tertiary alicyclic amines) is 1. The largest absolute Gasteiger partial charge is 0.355 e. The van der Waals surface area contributed by atoms with Crippen molar-refractivity contribution in [2.75, 3.05) is 25.4 Å². The van der Waals surface area contributed by atoms with Crippen LogP contribution in [-0.4, -0.2) is 48.3 Å². The van der Waals surface area contributed by atoms with E-state index in [0.29, 0.717) is 13.1 Å². The SMILES string of the molecule is Cc1ccc(CSCCNC(=O)[C@@H]2CCCN(C(=O)NC(C)C)C2)cc1. The fourth-order valence-electron chi connectivity index (χ4n) is 2.98. The van der Waals surface area contributed by atoms with Gasteiger partial charge < -0.3 is 15.5 Å². The summed E-state index contributed by atoms with van der Waals surface area (Å²) in [5.41, 5.74) is 2.58. The van der Waals surface area contributed by atoms with Crippen molar-refractivity contribution in [1.82, 2.24) is 15.5 Å². The Balaban J connectivity index is 1.65. The lowest BCUT2D eigenvalue weighted by molar-refractivity contribution is -0.126. The minimum absolute atomic E-state index is 0.0637. The summed E-state index contributed by atoms with van der Waals surface area (Å²) in [6.45, 7) is 7.89. The molecule has 0 spiro atoms. The number of piperidine rings is 1. The Hall–Kier alpha value is -1.69. The second kappa shape index (κ2) is 10.5. The van der Waals surface area contributed by atoms with Crippen molar-refractivity contribution in [3.63, 3.8) is 0 Å². The molecule has 6 heteroatoms. The van der Waals surface area contributed by atoms with Crippen LogP contribution in [0.25, 0.3) is 0 Å². The first kappa shape index (κ1) is 20.6. The van der Waals surface area contributed by atoms with Crippen LogP contribution in [0.3, 0.4) is 0 Å². The molecule has 1 aliphatic heterocycles. The number of carbonyl (C=O) groups excluding carboxylic acids is 2. The predicted molar refractivity (Wildman–Crippen MR) is 108 cm³/mol. The number of carbonyl (C=O) groups is 2. The number of hydrogen-bond acceptors (Lipinski definition) is 3. The Morgan fingerprint density at radius 1 is 1.27 bits per heavy atom. The summed E-state index contributed by atoms with van der Waals surface area (Å²) in [6, 6.07) is 8.61. The molecule has 144 valence electrons. The molecule has 0 saturated carbocycles. The van der Waals surface area contributed by atoms with Crippen molar-refractivity contribution < 1.29 is 9.59 Å². The van der Waals surface area contributed by atoms with E-state index < -0.39 is 0 Å². The Bertz CT molecular complexity index is 589. The second-order valence-electron chi connectivity index (χ2n) is 7.22. The van der Waals surface area contributed by atoms with E-state index in [-0.39, 0.29) is 23.9 Å². The molecule has 2 rings (SSSR count). The number of nitrogens with one attached hydrogen (secondary N) is 2. The first-order valence-corrected chi connectivity index (χ1v) is 10.6. The van der Waals surface area contributed by atoms with Crippen LogP contribution in [0.1, 0.15) is 37.8 Å². The maximum atomic E-state index is 12.4. The Morgan fingerprint density at radius 2 is 2.00 bits per heavy atom. The molecular formula is C20H31N3O2S. The molecule has 1 heterocycles. The van der Waals surface area contributed by atoms with Crippen LogP contribution < -0.4 is 10.6 Å². The summed E-state index contributed by atoms with van der Waals surface area (Å²) >= 11 is 1.82. The molecule has 2 N–H and O–H groups in total. The van der Waals surface area contributed by atoms with Crippen LogP contribution >= 0.6 is 11.8 Å². The monoisotopic (exact) mass is 377 g/mol. The van der Waals surface area contributed by atoms with Crippen molar-refractivity contribution >= 4 is 23.7 Å². The zero-order valence-electron chi connectivity index (χ0n) is 16.1. The Morgan fingerprint density at radius 3 is 2.69 bits per heavy atom. The summed E-state index contributed by atoms with van der Waals surface area (Å²) in [6.07, 6.45) is 1.74. The van der Waals surface area contributed by atoms with Gasteiger partial charge in [0.15, 0.2) is 0 Å². The summed E-state index contributed by atoms with van der Waals surface area (Å²) < 4.78 is 0. The van der Waals surface area contributed by atoms with Gasteiger partial charge in [-0.05, 0) is 39.2 Å². The van der Waals surface area contributed by atoms with E-state index in [1.165, 1.54) is 11.1 Å². The summed E-state index contributed by atoms with van der Waals surface area (Å²) in [7, 11) is 0. The minimum Gasteiger partial charge on any atom is -0.355 e. The molecular weight excluding hydrogens is 346 g/mol. The number of hydrogen-bond donors (Lipinski definition) is 2. The van der Waals surface area contributed by atoms with Crippen molar-refractivity contribution in [3.8, 4) is 0 Å². The predicted octanol–water partition coefficient (Wildman–Crippen LogP) is 3.17. The minimum atomic E-state index is -0.0937. The van der Waals surface area contributed by atoms with Gasteiger partial charge in [0.1, 0.15) is 0 Å². The highest BCUT2D eigenvalue weighted by atomic mass is 32.2. The first-order chi connectivity index (χ1) is 12.5. The molecule has 0 radical (unpaired) electrons. The normalized spacial score (nSPS) is 17.2. The van der Waals surface area contributed by atoms with Crippen molar-refractivity contribution in [2.24, 2.45) is 5.92 Å². The fraction of sp³-hybridized carbons (Fsp3) is 0.600. The molecule has 26 heavy (non-hydrogen) atoms. The third-order valence-electron chi connectivity index (χ3n) is 4.43. The molecule has 0 unspecified atom stereocenters. The number of nitrogens with zero attached hydrogens (tertiary/aromatic N) is 1. The number of aryl methyl sites for hydroxylation is 1. The lowest BCUT2D eigenvalue weighted by Crippen LogP contribution is -2.50. The zero-order valence-corrected chi connectivity index (χ0v) is 16.9. The lowest BCUT2D eigenvalue weighted by atomic mass is 9.97. The number of rotatable bonds is 7. The number of benzene rings is 1. The average Bonchev–Trinajstić information content (AvgIpc) is 2.62. The number of thioether (sulfide) groups is 1. The molecule has 5 nitrogen and oxygen atoms in total. The van der Waals surface area contributed by atoms with Gasteiger partial charge in [-0.3, -0.25) is 4.79 Å². The van der Waals surface area contributed by atoms with E-state index in [2.05, 4.69) is 41.8 Å². The van der Waals surface area contributed by atoms with Crippen molar-refractivity contribution in [3.05, 3.63) is 35.4 Å². The van der Waals surface area contributed by atoms with Crippen LogP contribution in [0, 0.1) is 12.8 Å². The lowest BCUT2D eigenvalue weighted by Gasteiger charge is -2.32. The summed E-state index contributed by atoms with van der Waals surface area (Å²) in [4.78, 5) is 26.3. The fourth-order valence-corrected chi connectivity index (χ4v) is 3.80. The van der Waals surface area contributed by atoms with Crippen LogP contribution in [-0.2, 0) is 10.5 Å². The van der Waals surface area contributed by atoms with Gasteiger partial charge in [-0.15, -0.1) is 0 Å². The van der Waals surface area contributed by atoms with E-state index in [1.807, 2.05) is 25.6 Å². The van der Waals surface area contributed by atoms with Gasteiger partial charge in [0, 0.05) is 37.2 Å². The highest BCUT2D eigenvalue weighted by Gasteiger charge is 2.28. The summed E-state index contributed by atoms with van der Waals surface area (Å²) in [5, 5.41) is 5.93. The smallest absolute Gasteiger partial charge is 0.317 e. The van der Waals surface area contributed by atoms with Gasteiger partial charge >= 0.3 is 6.03 Å². The molecule has 0 aromatic heterocycles. The standard InChI is InChI=1S/C20H31N3O2S/c1-15(2)22-20(25)23-11-4-5-18(13-23)19(24)21-10-12-26-14-17-8-6-16(3)7-9-17/h6-9,15,18H,4-5,10-14H2,1-3H3,(H,21,24)(H,22,25)/t18-/m1/s1. The van der Waals surface area contributed by atoms with E-state index >= 15 is 0 Å². The molecule has 1 aliphatic rings. The van der Waals surface area contributed by atoms with Crippen LogP contribution in [0.2, 0.25) is 0 Å². The molecule has 0 aliphatic carbocycles. The van der Waals surface area contributed by atoms with Gasteiger partial charge in [-0.1, -0.05) is 29.8 Å². The van der Waals surface area contributed by atoms with E-state index in [0.717, 1.165) is 30.9 Å². The van der Waals surface area contributed by atoms with E-state index in [9.17, 15) is 9.59 Å². The molecule has 3 amide bonds. The molecule has 1 fully saturated rings. The van der Waals surface area contributed by atoms with Crippen LogP contribution in [0.5, 0.6) is 0 Å².